The van der Waals surface area contributed by atoms with Crippen LogP contribution in [-0.4, -0.2) is 38.4 Å². The molecule has 1 unspecified atom stereocenters. The third-order valence-corrected chi connectivity index (χ3v) is 2.79. The summed E-state index contributed by atoms with van der Waals surface area (Å²) in [6.45, 7) is 4.80. The van der Waals surface area contributed by atoms with Crippen LogP contribution < -0.4 is 10.6 Å². The van der Waals surface area contributed by atoms with E-state index in [0.717, 1.165) is 6.54 Å². The van der Waals surface area contributed by atoms with Gasteiger partial charge in [-0.15, -0.1) is 10.2 Å². The molecule has 0 spiro atoms. The second-order valence-corrected chi connectivity index (χ2v) is 4.04. The molecule has 1 atom stereocenters. The number of aromatic nitrogens is 3. The third-order valence-electron chi connectivity index (χ3n) is 2.79. The lowest BCUT2D eigenvalue weighted by molar-refractivity contribution is -0.141. The summed E-state index contributed by atoms with van der Waals surface area (Å²) in [6, 6.07) is -0.412. The molecule has 1 aromatic rings. The number of hydrogen-bond acceptors (Lipinski definition) is 4. The first kappa shape index (κ1) is 14.9. The fourth-order valence-corrected chi connectivity index (χ4v) is 1.52. The highest BCUT2D eigenvalue weighted by atomic mass is 16.4. The molecule has 1 rings (SSSR count). The zero-order chi connectivity index (χ0) is 14.3. The topological polar surface area (TPSA) is 109 Å². The molecule has 2 amide bonds. The molecule has 0 aliphatic rings. The van der Waals surface area contributed by atoms with Gasteiger partial charge >= 0.3 is 12.0 Å². The van der Waals surface area contributed by atoms with Crippen molar-refractivity contribution in [2.45, 2.75) is 33.4 Å². The summed E-state index contributed by atoms with van der Waals surface area (Å²) in [5.74, 6) is -0.818. The maximum absolute atomic E-state index is 11.5. The minimum atomic E-state index is -0.909. The van der Waals surface area contributed by atoms with Crippen molar-refractivity contribution in [3.63, 3.8) is 0 Å². The Balaban J connectivity index is 2.34. The van der Waals surface area contributed by atoms with Gasteiger partial charge in [-0.25, -0.2) is 4.79 Å². The molecule has 8 heteroatoms. The van der Waals surface area contributed by atoms with E-state index in [-0.39, 0.29) is 13.1 Å². The van der Waals surface area contributed by atoms with Crippen molar-refractivity contribution in [3.05, 3.63) is 12.2 Å². The number of carbonyl (C=O) groups excluding carboxylic acids is 1. The Bertz CT molecular complexity index is 432. The van der Waals surface area contributed by atoms with Crippen molar-refractivity contribution in [3.8, 4) is 0 Å². The van der Waals surface area contributed by atoms with Crippen molar-refractivity contribution in [2.75, 3.05) is 6.54 Å². The van der Waals surface area contributed by atoms with Crippen LogP contribution >= 0.6 is 0 Å². The predicted molar refractivity (Wildman–Crippen MR) is 67.4 cm³/mol. The van der Waals surface area contributed by atoms with E-state index in [1.165, 1.54) is 0 Å². The van der Waals surface area contributed by atoms with Crippen LogP contribution in [0.25, 0.3) is 0 Å². The number of aliphatic carboxylic acids is 1. The van der Waals surface area contributed by atoms with Crippen LogP contribution in [0.4, 0.5) is 4.79 Å². The van der Waals surface area contributed by atoms with Gasteiger partial charge in [0.05, 0.1) is 12.5 Å². The summed E-state index contributed by atoms with van der Waals surface area (Å²) in [4.78, 5) is 22.3. The molecule has 0 aliphatic carbocycles. The van der Waals surface area contributed by atoms with E-state index >= 15 is 0 Å². The first-order valence-electron chi connectivity index (χ1n) is 6.19. The van der Waals surface area contributed by atoms with Gasteiger partial charge in [0.15, 0.2) is 5.82 Å². The molecule has 0 aromatic carbocycles. The largest absolute Gasteiger partial charge is 0.481 e. The van der Waals surface area contributed by atoms with Crippen LogP contribution in [0.2, 0.25) is 0 Å². The second-order valence-electron chi connectivity index (χ2n) is 4.04. The van der Waals surface area contributed by atoms with Crippen LogP contribution in [0, 0.1) is 5.92 Å². The molecular weight excluding hydrogens is 250 g/mol. The summed E-state index contributed by atoms with van der Waals surface area (Å²) in [5.41, 5.74) is 0. The van der Waals surface area contributed by atoms with Gasteiger partial charge in [0.1, 0.15) is 6.33 Å². The molecule has 19 heavy (non-hydrogen) atoms. The Kier molecular flexibility index (Phi) is 5.77. The van der Waals surface area contributed by atoms with Gasteiger partial charge in [-0.3, -0.25) is 4.79 Å². The van der Waals surface area contributed by atoms with Crippen LogP contribution in [0.15, 0.2) is 6.33 Å². The molecule has 0 bridgehead atoms. The minimum Gasteiger partial charge on any atom is -0.481 e. The van der Waals surface area contributed by atoms with Gasteiger partial charge in [-0.1, -0.05) is 6.92 Å². The van der Waals surface area contributed by atoms with Crippen molar-refractivity contribution in [2.24, 2.45) is 5.92 Å². The number of nitrogens with zero attached hydrogens (tertiary/aromatic N) is 3. The maximum Gasteiger partial charge on any atom is 0.315 e. The molecular formula is C11H19N5O3. The van der Waals surface area contributed by atoms with Gasteiger partial charge in [0, 0.05) is 13.1 Å². The molecule has 0 saturated carbocycles. The number of hydrogen-bond donors (Lipinski definition) is 3. The van der Waals surface area contributed by atoms with Crippen molar-refractivity contribution < 1.29 is 14.7 Å². The zero-order valence-corrected chi connectivity index (χ0v) is 11.1. The van der Waals surface area contributed by atoms with E-state index in [1.807, 2.05) is 11.5 Å². The highest BCUT2D eigenvalue weighted by molar-refractivity contribution is 5.75. The summed E-state index contributed by atoms with van der Waals surface area (Å²) in [5, 5.41) is 21.6. The molecule has 0 radical (unpaired) electrons. The number of amides is 2. The monoisotopic (exact) mass is 269 g/mol. The fourth-order valence-electron chi connectivity index (χ4n) is 1.52. The Morgan fingerprint density at radius 2 is 2.16 bits per heavy atom. The first-order valence-corrected chi connectivity index (χ1v) is 6.19. The summed E-state index contributed by atoms with van der Waals surface area (Å²) < 4.78 is 1.81. The lowest BCUT2D eigenvalue weighted by atomic mass is 10.1. The van der Waals surface area contributed by atoms with Crippen LogP contribution in [-0.2, 0) is 17.9 Å². The third kappa shape index (κ3) is 4.57. The van der Waals surface area contributed by atoms with Gasteiger partial charge in [-0.2, -0.15) is 0 Å². The van der Waals surface area contributed by atoms with E-state index in [0.29, 0.717) is 12.2 Å². The van der Waals surface area contributed by atoms with Crippen molar-refractivity contribution in [1.29, 1.82) is 0 Å². The predicted octanol–water partition coefficient (Wildman–Crippen LogP) is 0.208. The SMILES string of the molecule is CCC(CNC(=O)NCc1nncn1CC)C(=O)O. The van der Waals surface area contributed by atoms with Crippen molar-refractivity contribution in [1.82, 2.24) is 25.4 Å². The van der Waals surface area contributed by atoms with Gasteiger partial charge in [-0.05, 0) is 13.3 Å². The Morgan fingerprint density at radius 3 is 2.74 bits per heavy atom. The molecule has 3 N–H and O–H groups in total. The van der Waals surface area contributed by atoms with Crippen LogP contribution in [0.1, 0.15) is 26.1 Å². The number of rotatable bonds is 7. The summed E-state index contributed by atoms with van der Waals surface area (Å²) in [7, 11) is 0. The maximum atomic E-state index is 11.5. The lowest BCUT2D eigenvalue weighted by Gasteiger charge is -2.11. The Morgan fingerprint density at radius 1 is 1.42 bits per heavy atom. The smallest absolute Gasteiger partial charge is 0.315 e. The van der Waals surface area contributed by atoms with Gasteiger partial charge < -0.3 is 20.3 Å². The molecule has 8 nitrogen and oxygen atoms in total. The number of carboxylic acid groups (broad SMARTS) is 1. The number of carbonyl (C=O) groups is 2. The quantitative estimate of drug-likeness (QED) is 0.655. The molecule has 0 saturated heterocycles. The normalized spacial score (nSPS) is 11.9. The highest BCUT2D eigenvalue weighted by Crippen LogP contribution is 2.00. The first-order chi connectivity index (χ1) is 9.08. The minimum absolute atomic E-state index is 0.109. The van der Waals surface area contributed by atoms with Gasteiger partial charge in [0.25, 0.3) is 0 Å². The Labute approximate surface area is 111 Å². The standard InChI is InChI=1S/C11H19N5O3/c1-3-8(10(17)18)5-12-11(19)13-6-9-15-14-7-16(9)4-2/h7-8H,3-6H2,1-2H3,(H,17,18)(H2,12,13,19). The lowest BCUT2D eigenvalue weighted by Crippen LogP contribution is -2.39. The molecule has 0 aliphatic heterocycles. The fraction of sp³-hybridized carbons (Fsp3) is 0.636. The second kappa shape index (κ2) is 7.34. The average molecular weight is 269 g/mol. The average Bonchev–Trinajstić information content (AvgIpc) is 2.84. The summed E-state index contributed by atoms with van der Waals surface area (Å²) >= 11 is 0. The van der Waals surface area contributed by atoms with E-state index in [9.17, 15) is 9.59 Å². The van der Waals surface area contributed by atoms with Crippen molar-refractivity contribution >= 4 is 12.0 Å². The van der Waals surface area contributed by atoms with E-state index in [2.05, 4.69) is 20.8 Å². The highest BCUT2D eigenvalue weighted by Gasteiger charge is 2.15. The molecule has 1 aromatic heterocycles. The Hall–Kier alpha value is -2.12. The van der Waals surface area contributed by atoms with E-state index < -0.39 is 17.9 Å². The summed E-state index contributed by atoms with van der Waals surface area (Å²) in [6.07, 6.45) is 2.06. The van der Waals surface area contributed by atoms with Gasteiger partial charge in [0.2, 0.25) is 0 Å². The van der Waals surface area contributed by atoms with E-state index in [4.69, 9.17) is 5.11 Å². The van der Waals surface area contributed by atoms with Crippen LogP contribution in [0.5, 0.6) is 0 Å². The zero-order valence-electron chi connectivity index (χ0n) is 11.1. The molecule has 0 fully saturated rings. The number of carboxylic acids is 1. The number of urea groups is 1. The molecule has 1 heterocycles. The molecule has 106 valence electrons. The van der Waals surface area contributed by atoms with E-state index in [1.54, 1.807) is 13.3 Å². The number of nitrogens with one attached hydrogen (secondary N) is 2. The van der Waals surface area contributed by atoms with Crippen LogP contribution in [0.3, 0.4) is 0 Å². The number of aryl methyl sites for hydroxylation is 1.